The average molecular weight is 290 g/mol. The molecule has 0 atom stereocenters. The van der Waals surface area contributed by atoms with Gasteiger partial charge < -0.3 is 19.9 Å². The minimum absolute atomic E-state index is 0.241. The highest BCUT2D eigenvalue weighted by molar-refractivity contribution is 9.10. The second-order valence-corrected chi connectivity index (χ2v) is 4.14. The van der Waals surface area contributed by atoms with E-state index in [0.29, 0.717) is 23.4 Å². The summed E-state index contributed by atoms with van der Waals surface area (Å²) in [7, 11) is 3.25. The summed E-state index contributed by atoms with van der Waals surface area (Å²) in [6, 6.07) is 3.54. The Morgan fingerprint density at radius 1 is 1.38 bits per heavy atom. The highest BCUT2D eigenvalue weighted by Gasteiger charge is 2.08. The van der Waals surface area contributed by atoms with Crippen LogP contribution in [-0.4, -0.2) is 32.5 Å². The van der Waals surface area contributed by atoms with Gasteiger partial charge in [0.2, 0.25) is 0 Å². The molecule has 90 valence electrons. The molecule has 0 aliphatic carbocycles. The van der Waals surface area contributed by atoms with Crippen molar-refractivity contribution in [1.29, 1.82) is 0 Å². The van der Waals surface area contributed by atoms with Gasteiger partial charge in [-0.1, -0.05) is 0 Å². The van der Waals surface area contributed by atoms with Gasteiger partial charge in [0.15, 0.2) is 0 Å². The van der Waals surface area contributed by atoms with Crippen molar-refractivity contribution in [3.8, 4) is 11.5 Å². The van der Waals surface area contributed by atoms with Crippen LogP contribution in [0.2, 0.25) is 0 Å². The highest BCUT2D eigenvalue weighted by atomic mass is 79.9. The topological polar surface area (TPSA) is 50.7 Å². The lowest BCUT2D eigenvalue weighted by molar-refractivity contribution is 0.199. The summed E-state index contributed by atoms with van der Waals surface area (Å²) in [4.78, 5) is 0. The second-order valence-electron chi connectivity index (χ2n) is 3.29. The molecule has 0 amide bonds. The van der Waals surface area contributed by atoms with Crippen LogP contribution in [0.3, 0.4) is 0 Å². The SMILES string of the molecule is COCCNCc1cc(OC)cc(Br)c1O. The van der Waals surface area contributed by atoms with E-state index in [-0.39, 0.29) is 5.75 Å². The third-order valence-electron chi connectivity index (χ3n) is 2.15. The summed E-state index contributed by atoms with van der Waals surface area (Å²) < 4.78 is 10.7. The van der Waals surface area contributed by atoms with Gasteiger partial charge >= 0.3 is 0 Å². The Morgan fingerprint density at radius 2 is 2.12 bits per heavy atom. The fourth-order valence-electron chi connectivity index (χ4n) is 1.28. The Balaban J connectivity index is 2.66. The van der Waals surface area contributed by atoms with Gasteiger partial charge in [-0.25, -0.2) is 0 Å². The molecule has 0 heterocycles. The first kappa shape index (κ1) is 13.3. The van der Waals surface area contributed by atoms with E-state index in [4.69, 9.17) is 9.47 Å². The first-order chi connectivity index (χ1) is 7.69. The van der Waals surface area contributed by atoms with Gasteiger partial charge in [0.1, 0.15) is 11.5 Å². The van der Waals surface area contributed by atoms with E-state index in [9.17, 15) is 5.11 Å². The van der Waals surface area contributed by atoms with Gasteiger partial charge in [-0.15, -0.1) is 0 Å². The number of benzene rings is 1. The second kappa shape index (κ2) is 6.73. The molecule has 0 saturated carbocycles. The molecule has 0 unspecified atom stereocenters. The van der Waals surface area contributed by atoms with Crippen molar-refractivity contribution in [2.75, 3.05) is 27.4 Å². The number of methoxy groups -OCH3 is 2. The average Bonchev–Trinajstić information content (AvgIpc) is 2.29. The molecular formula is C11H16BrNO3. The number of ether oxygens (including phenoxy) is 2. The maximum Gasteiger partial charge on any atom is 0.134 e. The van der Waals surface area contributed by atoms with Crippen LogP contribution in [-0.2, 0) is 11.3 Å². The van der Waals surface area contributed by atoms with Crippen LogP contribution in [0.1, 0.15) is 5.56 Å². The van der Waals surface area contributed by atoms with Crippen LogP contribution < -0.4 is 10.1 Å². The van der Waals surface area contributed by atoms with E-state index in [0.717, 1.165) is 12.1 Å². The van der Waals surface area contributed by atoms with Crippen molar-refractivity contribution < 1.29 is 14.6 Å². The number of rotatable bonds is 6. The predicted octanol–water partition coefficient (Wildman–Crippen LogP) is 1.90. The molecule has 0 aromatic heterocycles. The third kappa shape index (κ3) is 3.66. The standard InChI is InChI=1S/C11H16BrNO3/c1-15-4-3-13-7-8-5-9(16-2)6-10(12)11(8)14/h5-6,13-14H,3-4,7H2,1-2H3. The number of phenols is 1. The summed E-state index contributed by atoms with van der Waals surface area (Å²) in [5.41, 5.74) is 0.794. The summed E-state index contributed by atoms with van der Waals surface area (Å²) in [5.74, 6) is 0.957. The molecule has 0 aliphatic heterocycles. The van der Waals surface area contributed by atoms with Crippen LogP contribution >= 0.6 is 15.9 Å². The third-order valence-corrected chi connectivity index (χ3v) is 2.75. The molecule has 4 nitrogen and oxygen atoms in total. The maximum absolute atomic E-state index is 9.80. The minimum Gasteiger partial charge on any atom is -0.506 e. The van der Waals surface area contributed by atoms with Crippen molar-refractivity contribution in [3.05, 3.63) is 22.2 Å². The number of aromatic hydroxyl groups is 1. The number of hydrogen-bond donors (Lipinski definition) is 2. The number of hydrogen-bond acceptors (Lipinski definition) is 4. The monoisotopic (exact) mass is 289 g/mol. The van der Waals surface area contributed by atoms with Crippen LogP contribution in [0.15, 0.2) is 16.6 Å². The fourth-order valence-corrected chi connectivity index (χ4v) is 1.76. The maximum atomic E-state index is 9.80. The van der Waals surface area contributed by atoms with E-state index in [1.165, 1.54) is 0 Å². The van der Waals surface area contributed by atoms with Crippen LogP contribution in [0.25, 0.3) is 0 Å². The molecule has 0 saturated heterocycles. The van der Waals surface area contributed by atoms with Gasteiger partial charge in [-0.3, -0.25) is 0 Å². The summed E-state index contributed by atoms with van der Waals surface area (Å²) in [6.07, 6.45) is 0. The zero-order valence-corrected chi connectivity index (χ0v) is 11.0. The fraction of sp³-hybridized carbons (Fsp3) is 0.455. The first-order valence-corrected chi connectivity index (χ1v) is 5.73. The lowest BCUT2D eigenvalue weighted by Crippen LogP contribution is -2.18. The lowest BCUT2D eigenvalue weighted by atomic mass is 10.2. The largest absolute Gasteiger partial charge is 0.506 e. The smallest absolute Gasteiger partial charge is 0.134 e. The molecule has 0 fully saturated rings. The molecule has 1 aromatic carbocycles. The Hall–Kier alpha value is -0.780. The van der Waals surface area contributed by atoms with E-state index in [1.54, 1.807) is 26.4 Å². The molecule has 0 bridgehead atoms. The van der Waals surface area contributed by atoms with Crippen LogP contribution in [0.5, 0.6) is 11.5 Å². The van der Waals surface area contributed by atoms with Gasteiger partial charge in [0, 0.05) is 25.8 Å². The molecule has 0 aliphatic rings. The molecule has 0 radical (unpaired) electrons. The first-order valence-electron chi connectivity index (χ1n) is 4.94. The van der Waals surface area contributed by atoms with Crippen molar-refractivity contribution in [2.45, 2.75) is 6.54 Å². The Morgan fingerprint density at radius 3 is 2.75 bits per heavy atom. The molecular weight excluding hydrogens is 274 g/mol. The Bertz CT molecular complexity index is 344. The molecule has 5 heteroatoms. The zero-order chi connectivity index (χ0) is 12.0. The van der Waals surface area contributed by atoms with Crippen molar-refractivity contribution in [2.24, 2.45) is 0 Å². The Kier molecular flexibility index (Phi) is 5.59. The van der Waals surface area contributed by atoms with Gasteiger partial charge in [0.05, 0.1) is 18.2 Å². The van der Waals surface area contributed by atoms with E-state index < -0.39 is 0 Å². The van der Waals surface area contributed by atoms with Crippen molar-refractivity contribution >= 4 is 15.9 Å². The normalized spacial score (nSPS) is 10.4. The number of nitrogens with one attached hydrogen (secondary N) is 1. The summed E-state index contributed by atoms with van der Waals surface area (Å²) in [6.45, 7) is 1.96. The van der Waals surface area contributed by atoms with E-state index in [2.05, 4.69) is 21.2 Å². The predicted molar refractivity (Wildman–Crippen MR) is 65.9 cm³/mol. The molecule has 1 aromatic rings. The van der Waals surface area contributed by atoms with Crippen molar-refractivity contribution in [1.82, 2.24) is 5.32 Å². The quantitative estimate of drug-likeness (QED) is 0.786. The summed E-state index contributed by atoms with van der Waals surface area (Å²) in [5, 5.41) is 13.0. The van der Waals surface area contributed by atoms with Crippen LogP contribution in [0.4, 0.5) is 0 Å². The van der Waals surface area contributed by atoms with Crippen LogP contribution in [0, 0.1) is 0 Å². The van der Waals surface area contributed by atoms with Gasteiger partial charge in [-0.2, -0.15) is 0 Å². The number of phenolic OH excluding ortho intramolecular Hbond substituents is 1. The zero-order valence-electron chi connectivity index (χ0n) is 9.42. The molecule has 16 heavy (non-hydrogen) atoms. The Labute approximate surface area is 104 Å². The molecule has 1 rings (SSSR count). The number of halogens is 1. The molecule has 2 N–H and O–H groups in total. The molecule has 0 spiro atoms. The van der Waals surface area contributed by atoms with E-state index >= 15 is 0 Å². The lowest BCUT2D eigenvalue weighted by Gasteiger charge is -2.10. The summed E-state index contributed by atoms with van der Waals surface area (Å²) >= 11 is 3.28. The van der Waals surface area contributed by atoms with Crippen molar-refractivity contribution in [3.63, 3.8) is 0 Å². The van der Waals surface area contributed by atoms with E-state index in [1.807, 2.05) is 0 Å². The minimum atomic E-state index is 0.241. The van der Waals surface area contributed by atoms with Gasteiger partial charge in [0.25, 0.3) is 0 Å². The van der Waals surface area contributed by atoms with Gasteiger partial charge in [-0.05, 0) is 28.1 Å². The highest BCUT2D eigenvalue weighted by Crippen LogP contribution is 2.32.